The maximum Gasteiger partial charge on any atom is 0.147 e. The van der Waals surface area contributed by atoms with Gasteiger partial charge in [0, 0.05) is 17.4 Å². The van der Waals surface area contributed by atoms with Crippen LogP contribution < -0.4 is 0 Å². The van der Waals surface area contributed by atoms with E-state index in [4.69, 9.17) is 4.52 Å². The standard InChI is InChI=1S/C14H13N3OS2/c1-10-7-12(18-17-10)8-19-9-13-15-16-14(20-13)11-5-3-2-4-6-11/h2-7H,8-9H2,1H3. The van der Waals surface area contributed by atoms with Crippen molar-refractivity contribution in [1.82, 2.24) is 15.4 Å². The van der Waals surface area contributed by atoms with Gasteiger partial charge >= 0.3 is 0 Å². The summed E-state index contributed by atoms with van der Waals surface area (Å²) in [6.45, 7) is 1.93. The predicted octanol–water partition coefficient (Wildman–Crippen LogP) is 3.93. The molecule has 102 valence electrons. The maximum absolute atomic E-state index is 5.17. The third-order valence-corrected chi connectivity index (χ3v) is 4.76. The summed E-state index contributed by atoms with van der Waals surface area (Å²) in [5.41, 5.74) is 2.04. The number of hydrogen-bond donors (Lipinski definition) is 0. The van der Waals surface area contributed by atoms with Crippen LogP contribution >= 0.6 is 23.1 Å². The second-order valence-corrected chi connectivity index (χ2v) is 6.34. The molecule has 0 atom stereocenters. The smallest absolute Gasteiger partial charge is 0.147 e. The fraction of sp³-hybridized carbons (Fsp3) is 0.214. The summed E-state index contributed by atoms with van der Waals surface area (Å²) in [7, 11) is 0. The Morgan fingerprint density at radius 1 is 1.15 bits per heavy atom. The topological polar surface area (TPSA) is 51.8 Å². The molecule has 20 heavy (non-hydrogen) atoms. The molecule has 0 saturated carbocycles. The predicted molar refractivity (Wildman–Crippen MR) is 81.6 cm³/mol. The minimum absolute atomic E-state index is 0.807. The highest BCUT2D eigenvalue weighted by Gasteiger charge is 2.07. The van der Waals surface area contributed by atoms with Crippen molar-refractivity contribution in [2.45, 2.75) is 18.4 Å². The summed E-state index contributed by atoms with van der Waals surface area (Å²) in [4.78, 5) is 0. The largest absolute Gasteiger partial charge is 0.360 e. The van der Waals surface area contributed by atoms with Gasteiger partial charge in [-0.15, -0.1) is 22.0 Å². The number of aromatic nitrogens is 3. The molecule has 0 fully saturated rings. The van der Waals surface area contributed by atoms with E-state index < -0.39 is 0 Å². The molecule has 6 heteroatoms. The molecular weight excluding hydrogens is 290 g/mol. The van der Waals surface area contributed by atoms with E-state index in [1.807, 2.05) is 31.2 Å². The van der Waals surface area contributed by atoms with Crippen molar-refractivity contribution >= 4 is 23.1 Å². The first-order valence-corrected chi connectivity index (χ1v) is 8.16. The van der Waals surface area contributed by atoms with Gasteiger partial charge in [0.05, 0.1) is 11.4 Å². The second-order valence-electron chi connectivity index (χ2n) is 4.29. The van der Waals surface area contributed by atoms with Crippen LogP contribution in [-0.2, 0) is 11.5 Å². The van der Waals surface area contributed by atoms with Gasteiger partial charge in [0.15, 0.2) is 0 Å². The summed E-state index contributed by atoms with van der Waals surface area (Å²) >= 11 is 3.39. The molecule has 2 aromatic heterocycles. The maximum atomic E-state index is 5.17. The van der Waals surface area contributed by atoms with E-state index >= 15 is 0 Å². The fourth-order valence-corrected chi connectivity index (χ4v) is 3.53. The quantitative estimate of drug-likeness (QED) is 0.714. The number of hydrogen-bond acceptors (Lipinski definition) is 6. The number of rotatable bonds is 5. The lowest BCUT2D eigenvalue weighted by Gasteiger charge is -1.94. The molecule has 0 N–H and O–H groups in total. The first kappa shape index (κ1) is 13.3. The normalized spacial score (nSPS) is 10.8. The average Bonchev–Trinajstić information content (AvgIpc) is 3.09. The molecule has 0 aliphatic carbocycles. The minimum Gasteiger partial charge on any atom is -0.360 e. The Hall–Kier alpha value is -1.66. The van der Waals surface area contributed by atoms with Crippen LogP contribution in [0.5, 0.6) is 0 Å². The van der Waals surface area contributed by atoms with Gasteiger partial charge in [-0.05, 0) is 6.92 Å². The molecule has 1 aromatic carbocycles. The SMILES string of the molecule is Cc1cc(CSCc2nnc(-c3ccccc3)s2)on1. The highest BCUT2D eigenvalue weighted by Crippen LogP contribution is 2.26. The van der Waals surface area contributed by atoms with Gasteiger partial charge in [-0.2, -0.15) is 0 Å². The molecule has 0 aliphatic rings. The number of thioether (sulfide) groups is 1. The lowest BCUT2D eigenvalue weighted by molar-refractivity contribution is 0.391. The van der Waals surface area contributed by atoms with Gasteiger partial charge in [0.1, 0.15) is 15.8 Å². The van der Waals surface area contributed by atoms with Crippen LogP contribution in [0.25, 0.3) is 10.6 Å². The fourth-order valence-electron chi connectivity index (χ4n) is 1.73. The van der Waals surface area contributed by atoms with Gasteiger partial charge in [-0.1, -0.05) is 46.8 Å². The molecule has 3 aromatic rings. The number of aryl methyl sites for hydroxylation is 1. The second kappa shape index (κ2) is 6.19. The third kappa shape index (κ3) is 3.26. The molecule has 4 nitrogen and oxygen atoms in total. The highest BCUT2D eigenvalue weighted by atomic mass is 32.2. The number of benzene rings is 1. The van der Waals surface area contributed by atoms with Crippen molar-refractivity contribution < 1.29 is 4.52 Å². The molecule has 0 unspecified atom stereocenters. The zero-order valence-corrected chi connectivity index (χ0v) is 12.6. The van der Waals surface area contributed by atoms with Gasteiger partial charge in [0.2, 0.25) is 0 Å². The Labute approximate surface area is 125 Å². The summed E-state index contributed by atoms with van der Waals surface area (Å²) < 4.78 is 5.17. The Bertz CT molecular complexity index is 679. The Morgan fingerprint density at radius 2 is 2.00 bits per heavy atom. The van der Waals surface area contributed by atoms with E-state index in [0.29, 0.717) is 0 Å². The van der Waals surface area contributed by atoms with Gasteiger partial charge in [0.25, 0.3) is 0 Å². The molecule has 0 spiro atoms. The summed E-state index contributed by atoms with van der Waals surface area (Å²) in [6.07, 6.45) is 0. The first-order valence-electron chi connectivity index (χ1n) is 6.19. The van der Waals surface area contributed by atoms with Gasteiger partial charge < -0.3 is 4.52 Å². The van der Waals surface area contributed by atoms with Crippen molar-refractivity contribution in [3.8, 4) is 10.6 Å². The zero-order chi connectivity index (χ0) is 13.8. The Balaban J connectivity index is 1.58. The third-order valence-electron chi connectivity index (χ3n) is 2.63. The van der Waals surface area contributed by atoms with Crippen LogP contribution in [-0.4, -0.2) is 15.4 Å². The molecule has 2 heterocycles. The van der Waals surface area contributed by atoms with Crippen LogP contribution in [0, 0.1) is 6.92 Å². The molecule has 0 amide bonds. The van der Waals surface area contributed by atoms with Gasteiger partial charge in [-0.25, -0.2) is 0 Å². The Kier molecular flexibility index (Phi) is 4.13. The Morgan fingerprint density at radius 3 is 2.75 bits per heavy atom. The van der Waals surface area contributed by atoms with E-state index in [-0.39, 0.29) is 0 Å². The van der Waals surface area contributed by atoms with Gasteiger partial charge in [-0.3, -0.25) is 0 Å². The summed E-state index contributed by atoms with van der Waals surface area (Å²) in [5.74, 6) is 2.55. The van der Waals surface area contributed by atoms with E-state index in [1.54, 1.807) is 23.1 Å². The van der Waals surface area contributed by atoms with Crippen molar-refractivity contribution in [1.29, 1.82) is 0 Å². The highest BCUT2D eigenvalue weighted by molar-refractivity contribution is 7.97. The van der Waals surface area contributed by atoms with E-state index in [1.165, 1.54) is 0 Å². The van der Waals surface area contributed by atoms with E-state index in [0.717, 1.165) is 38.5 Å². The lowest BCUT2D eigenvalue weighted by atomic mass is 10.2. The molecule has 0 bridgehead atoms. The summed E-state index contributed by atoms with van der Waals surface area (Å²) in [5, 5.41) is 14.3. The number of nitrogens with zero attached hydrogens (tertiary/aromatic N) is 3. The molecule has 3 rings (SSSR count). The average molecular weight is 303 g/mol. The van der Waals surface area contributed by atoms with Crippen molar-refractivity contribution in [3.05, 3.63) is 52.9 Å². The van der Waals surface area contributed by atoms with Crippen LogP contribution in [0.4, 0.5) is 0 Å². The van der Waals surface area contributed by atoms with Crippen molar-refractivity contribution in [3.63, 3.8) is 0 Å². The van der Waals surface area contributed by atoms with Crippen molar-refractivity contribution in [2.75, 3.05) is 0 Å². The van der Waals surface area contributed by atoms with Crippen LogP contribution in [0.15, 0.2) is 40.9 Å². The molecule has 0 radical (unpaired) electrons. The van der Waals surface area contributed by atoms with Crippen LogP contribution in [0.2, 0.25) is 0 Å². The monoisotopic (exact) mass is 303 g/mol. The minimum atomic E-state index is 0.807. The zero-order valence-electron chi connectivity index (χ0n) is 10.9. The van der Waals surface area contributed by atoms with Crippen LogP contribution in [0.3, 0.4) is 0 Å². The van der Waals surface area contributed by atoms with E-state index in [2.05, 4.69) is 27.5 Å². The van der Waals surface area contributed by atoms with E-state index in [9.17, 15) is 0 Å². The lowest BCUT2D eigenvalue weighted by Crippen LogP contribution is -1.81. The molecule has 0 saturated heterocycles. The van der Waals surface area contributed by atoms with Crippen LogP contribution in [0.1, 0.15) is 16.5 Å². The molecule has 0 aliphatic heterocycles. The molecular formula is C14H13N3OS2. The first-order chi connectivity index (χ1) is 9.81. The van der Waals surface area contributed by atoms with Crippen molar-refractivity contribution in [2.24, 2.45) is 0 Å². The summed E-state index contributed by atoms with van der Waals surface area (Å²) in [6, 6.07) is 12.1.